The molecule has 0 heterocycles. The SMILES string of the molecule is Cc1ccc(CCCCCCCCCCCCCP(O)(O)(O)c2ccc(C)cc2)cc1. The fourth-order valence-electron chi connectivity index (χ4n) is 4.06. The first-order valence-electron chi connectivity index (χ1n) is 12.1. The molecule has 2 rings (SSSR count). The second kappa shape index (κ2) is 12.7. The van der Waals surface area contributed by atoms with Gasteiger partial charge in [0, 0.05) is 0 Å². The van der Waals surface area contributed by atoms with Crippen LogP contribution in [0, 0.1) is 13.8 Å². The maximum Gasteiger partial charge on any atom is -0.0588 e. The average molecular weight is 447 g/mol. The molecule has 0 bridgehead atoms. The van der Waals surface area contributed by atoms with Crippen molar-refractivity contribution in [2.75, 3.05) is 6.16 Å². The minimum Gasteiger partial charge on any atom is -0.0591 e. The maximum absolute atomic E-state index is 10.4. The van der Waals surface area contributed by atoms with Gasteiger partial charge in [0.2, 0.25) is 0 Å². The van der Waals surface area contributed by atoms with Crippen molar-refractivity contribution in [3.8, 4) is 0 Å². The van der Waals surface area contributed by atoms with E-state index in [-0.39, 0.29) is 11.5 Å². The minimum atomic E-state index is -4.70. The Labute approximate surface area is 189 Å². The molecule has 3 nitrogen and oxygen atoms in total. The number of hydrogen-bond donors (Lipinski definition) is 3. The molecule has 0 unspecified atom stereocenters. The van der Waals surface area contributed by atoms with E-state index in [4.69, 9.17) is 0 Å². The van der Waals surface area contributed by atoms with Crippen LogP contribution in [-0.2, 0) is 6.42 Å². The first-order valence-corrected chi connectivity index (χ1v) is 14.4. The fourth-order valence-corrected chi connectivity index (χ4v) is 5.88. The molecule has 0 atom stereocenters. The van der Waals surface area contributed by atoms with Gasteiger partial charge in [-0.25, -0.2) is 0 Å². The smallest absolute Gasteiger partial charge is 0.0588 e. The van der Waals surface area contributed by atoms with Crippen molar-refractivity contribution in [2.24, 2.45) is 0 Å². The van der Waals surface area contributed by atoms with Gasteiger partial charge >= 0.3 is 141 Å². The standard InChI is InChI=1S/C27H43O3P/c1-24-15-19-26(20-16-24)14-12-10-8-6-4-3-5-7-9-11-13-23-31(28,29,30)27-21-17-25(2)18-22-27/h15-22,28-30H,3-14,23H2,1-2H3. The first kappa shape index (κ1) is 26.0. The minimum absolute atomic E-state index is 0.0667. The summed E-state index contributed by atoms with van der Waals surface area (Å²) >= 11 is 0. The van der Waals surface area contributed by atoms with Crippen LogP contribution in [0.25, 0.3) is 0 Å². The molecule has 0 amide bonds. The third-order valence-electron chi connectivity index (χ3n) is 6.22. The van der Waals surface area contributed by atoms with Crippen molar-refractivity contribution in [3.05, 3.63) is 65.2 Å². The van der Waals surface area contributed by atoms with Gasteiger partial charge in [-0.1, -0.05) is 29.8 Å². The van der Waals surface area contributed by atoms with Gasteiger partial charge < -0.3 is 0 Å². The van der Waals surface area contributed by atoms with Crippen LogP contribution in [0.4, 0.5) is 0 Å². The molecule has 31 heavy (non-hydrogen) atoms. The Balaban J connectivity index is 1.43. The second-order valence-corrected chi connectivity index (χ2v) is 12.6. The number of hydrogen-bond acceptors (Lipinski definition) is 3. The average Bonchev–Trinajstić information content (AvgIpc) is 2.72. The zero-order valence-corrected chi connectivity index (χ0v) is 20.5. The molecule has 0 saturated carbocycles. The molecule has 0 aliphatic rings. The molecule has 4 heteroatoms. The Morgan fingerprint density at radius 2 is 0.903 bits per heavy atom. The zero-order chi connectivity index (χ0) is 22.6. The molecule has 2 aromatic rings. The van der Waals surface area contributed by atoms with E-state index in [2.05, 4.69) is 31.2 Å². The monoisotopic (exact) mass is 446 g/mol. The molecule has 2 aromatic carbocycles. The van der Waals surface area contributed by atoms with Crippen molar-refractivity contribution in [2.45, 2.75) is 90.9 Å². The molecule has 0 spiro atoms. The van der Waals surface area contributed by atoms with E-state index in [1.807, 2.05) is 19.1 Å². The van der Waals surface area contributed by atoms with Crippen molar-refractivity contribution in [3.63, 3.8) is 0 Å². The fraction of sp³-hybridized carbons (Fsp3) is 0.556. The summed E-state index contributed by atoms with van der Waals surface area (Å²) in [5.74, 6) is 0. The van der Waals surface area contributed by atoms with Crippen LogP contribution in [0.5, 0.6) is 0 Å². The van der Waals surface area contributed by atoms with Crippen LogP contribution in [0.15, 0.2) is 48.5 Å². The summed E-state index contributed by atoms with van der Waals surface area (Å²) in [4.78, 5) is 31.3. The summed E-state index contributed by atoms with van der Waals surface area (Å²) < 4.78 is 0. The third kappa shape index (κ3) is 10.3. The van der Waals surface area contributed by atoms with Crippen molar-refractivity contribution in [1.29, 1.82) is 0 Å². The van der Waals surface area contributed by atoms with E-state index < -0.39 is 7.28 Å². The van der Waals surface area contributed by atoms with Gasteiger partial charge in [-0.05, 0) is 18.9 Å². The van der Waals surface area contributed by atoms with Gasteiger partial charge in [0.15, 0.2) is 0 Å². The molecule has 3 N–H and O–H groups in total. The Kier molecular flexibility index (Phi) is 10.7. The van der Waals surface area contributed by atoms with Crippen LogP contribution in [0.1, 0.15) is 87.3 Å². The van der Waals surface area contributed by atoms with Crippen molar-refractivity contribution >= 4 is 12.6 Å². The molecule has 0 fully saturated rings. The van der Waals surface area contributed by atoms with Crippen molar-refractivity contribution in [1.82, 2.24) is 0 Å². The Bertz CT molecular complexity index is 745. The predicted molar refractivity (Wildman–Crippen MR) is 135 cm³/mol. The van der Waals surface area contributed by atoms with E-state index in [9.17, 15) is 14.7 Å². The van der Waals surface area contributed by atoms with Gasteiger partial charge in [-0.2, -0.15) is 0 Å². The van der Waals surface area contributed by atoms with Gasteiger partial charge in [-0.3, -0.25) is 0 Å². The van der Waals surface area contributed by atoms with Crippen LogP contribution >= 0.6 is 7.28 Å². The molecule has 0 aliphatic carbocycles. The number of benzene rings is 2. The summed E-state index contributed by atoms with van der Waals surface area (Å²) in [6.45, 7) is 4.08. The van der Waals surface area contributed by atoms with Crippen LogP contribution in [0.2, 0.25) is 0 Å². The Hall–Kier alpha value is -1.25. The van der Waals surface area contributed by atoms with Crippen LogP contribution in [-0.4, -0.2) is 20.8 Å². The number of rotatable bonds is 15. The van der Waals surface area contributed by atoms with E-state index in [0.29, 0.717) is 6.42 Å². The topological polar surface area (TPSA) is 60.7 Å². The van der Waals surface area contributed by atoms with Gasteiger partial charge in [-0.15, -0.1) is 0 Å². The molecule has 0 aliphatic heterocycles. The molecule has 0 aromatic heterocycles. The third-order valence-corrected chi connectivity index (χ3v) is 8.71. The summed E-state index contributed by atoms with van der Waals surface area (Å²) in [5, 5.41) is 0.274. The van der Waals surface area contributed by atoms with E-state index >= 15 is 0 Å². The zero-order valence-electron chi connectivity index (χ0n) is 19.6. The van der Waals surface area contributed by atoms with Gasteiger partial charge in [0.25, 0.3) is 0 Å². The van der Waals surface area contributed by atoms with Gasteiger partial charge in [0.1, 0.15) is 0 Å². The second-order valence-electron chi connectivity index (χ2n) is 9.33. The Morgan fingerprint density at radius 3 is 1.39 bits per heavy atom. The quantitative estimate of drug-likeness (QED) is 0.210. The molecule has 0 radical (unpaired) electrons. The summed E-state index contributed by atoms with van der Waals surface area (Å²) in [6.07, 6.45) is 14.3. The van der Waals surface area contributed by atoms with E-state index in [1.54, 1.807) is 12.1 Å². The molecular formula is C27H43O3P. The van der Waals surface area contributed by atoms with E-state index in [1.165, 1.54) is 68.9 Å². The summed E-state index contributed by atoms with van der Waals surface area (Å²) in [6, 6.07) is 15.8. The predicted octanol–water partition coefficient (Wildman–Crippen LogP) is 6.74. The maximum atomic E-state index is 10.4. The summed E-state index contributed by atoms with van der Waals surface area (Å²) in [7, 11) is -4.70. The molecular weight excluding hydrogens is 403 g/mol. The largest absolute Gasteiger partial charge is 0.0591 e. The normalized spacial score (nSPS) is 13.1. The molecule has 0 saturated heterocycles. The first-order chi connectivity index (χ1) is 14.7. The number of aryl methyl sites for hydroxylation is 3. The van der Waals surface area contributed by atoms with E-state index in [0.717, 1.165) is 18.4 Å². The van der Waals surface area contributed by atoms with Gasteiger partial charge in [0.05, 0.1) is 0 Å². The van der Waals surface area contributed by atoms with Crippen LogP contribution in [0.3, 0.4) is 0 Å². The molecule has 174 valence electrons. The summed E-state index contributed by atoms with van der Waals surface area (Å²) in [5.41, 5.74) is 3.83. The van der Waals surface area contributed by atoms with Crippen LogP contribution < -0.4 is 5.30 Å². The Morgan fingerprint density at radius 1 is 0.516 bits per heavy atom. The number of unbranched alkanes of at least 4 members (excludes halogenated alkanes) is 10. The van der Waals surface area contributed by atoms with Crippen molar-refractivity contribution < 1.29 is 14.7 Å².